The second-order valence-electron chi connectivity index (χ2n) is 4.61. The Kier molecular flexibility index (Phi) is 3.83. The molecule has 2 rings (SSSR count). The highest BCUT2D eigenvalue weighted by Gasteiger charge is 2.33. The van der Waals surface area contributed by atoms with Gasteiger partial charge in [-0.15, -0.1) is 0 Å². The van der Waals surface area contributed by atoms with Crippen molar-refractivity contribution in [3.8, 4) is 0 Å². The van der Waals surface area contributed by atoms with Gasteiger partial charge in [0.1, 0.15) is 10.3 Å². The Bertz CT molecular complexity index is 441. The summed E-state index contributed by atoms with van der Waals surface area (Å²) in [6.45, 7) is 0.833. The number of nitrogens with one attached hydrogen (secondary N) is 2. The number of aliphatic hydroxyl groups excluding tert-OH is 1. The maximum Gasteiger partial charge on any atom is 0.267 e. The van der Waals surface area contributed by atoms with E-state index < -0.39 is 0 Å². The molecule has 0 bridgehead atoms. The van der Waals surface area contributed by atoms with Crippen molar-refractivity contribution in [1.82, 2.24) is 9.97 Å². The molecule has 0 atom stereocenters. The van der Waals surface area contributed by atoms with E-state index in [0.29, 0.717) is 16.8 Å². The molecular formula is C11H16BrN3O2. The summed E-state index contributed by atoms with van der Waals surface area (Å²) >= 11 is 3.20. The van der Waals surface area contributed by atoms with Crippen LogP contribution in [0.25, 0.3) is 0 Å². The molecule has 0 spiro atoms. The maximum atomic E-state index is 11.4. The second-order valence-corrected chi connectivity index (χ2v) is 5.41. The van der Waals surface area contributed by atoms with E-state index in [0.717, 1.165) is 25.7 Å². The summed E-state index contributed by atoms with van der Waals surface area (Å²) in [6, 6.07) is 0. The third-order valence-electron chi connectivity index (χ3n) is 3.43. The molecule has 1 fully saturated rings. The largest absolute Gasteiger partial charge is 0.396 e. The molecule has 3 N–H and O–H groups in total. The van der Waals surface area contributed by atoms with Gasteiger partial charge in [-0.25, -0.2) is 4.98 Å². The molecule has 0 amide bonds. The Morgan fingerprint density at radius 1 is 1.53 bits per heavy atom. The van der Waals surface area contributed by atoms with Gasteiger partial charge in [-0.1, -0.05) is 12.8 Å². The van der Waals surface area contributed by atoms with E-state index in [2.05, 4.69) is 31.2 Å². The molecule has 1 aliphatic rings. The maximum absolute atomic E-state index is 11.4. The lowest BCUT2D eigenvalue weighted by molar-refractivity contribution is 0.142. The van der Waals surface area contributed by atoms with Gasteiger partial charge in [0.05, 0.1) is 12.9 Å². The highest BCUT2D eigenvalue weighted by Crippen LogP contribution is 2.37. The third kappa shape index (κ3) is 2.69. The van der Waals surface area contributed by atoms with E-state index in [9.17, 15) is 9.90 Å². The summed E-state index contributed by atoms with van der Waals surface area (Å²) in [5.74, 6) is 0.536. The van der Waals surface area contributed by atoms with Crippen LogP contribution in [0.15, 0.2) is 15.6 Å². The SMILES string of the molecule is O=c1[nH]cnc(NCC2(CO)CCCC2)c1Br. The zero-order valence-corrected chi connectivity index (χ0v) is 11.1. The Balaban J connectivity index is 2.06. The first kappa shape index (κ1) is 12.6. The van der Waals surface area contributed by atoms with E-state index in [1.165, 1.54) is 6.33 Å². The van der Waals surface area contributed by atoms with Crippen LogP contribution in [-0.2, 0) is 0 Å². The van der Waals surface area contributed by atoms with Crippen molar-refractivity contribution >= 4 is 21.7 Å². The molecule has 1 heterocycles. The number of halogens is 1. The van der Waals surface area contributed by atoms with Crippen LogP contribution in [-0.4, -0.2) is 28.2 Å². The molecule has 0 saturated heterocycles. The highest BCUT2D eigenvalue weighted by molar-refractivity contribution is 9.10. The molecular weight excluding hydrogens is 286 g/mol. The number of aliphatic hydroxyl groups is 1. The lowest BCUT2D eigenvalue weighted by Crippen LogP contribution is -2.31. The molecule has 0 aromatic carbocycles. The number of nitrogens with zero attached hydrogens (tertiary/aromatic N) is 1. The van der Waals surface area contributed by atoms with Gasteiger partial charge in [-0.05, 0) is 28.8 Å². The zero-order valence-electron chi connectivity index (χ0n) is 9.50. The second kappa shape index (κ2) is 5.18. The zero-order chi connectivity index (χ0) is 12.3. The van der Waals surface area contributed by atoms with Gasteiger partial charge in [0.15, 0.2) is 0 Å². The average Bonchev–Trinajstić information content (AvgIpc) is 2.81. The smallest absolute Gasteiger partial charge is 0.267 e. The van der Waals surface area contributed by atoms with Gasteiger partial charge in [0.2, 0.25) is 0 Å². The van der Waals surface area contributed by atoms with Crippen LogP contribution in [0.2, 0.25) is 0 Å². The van der Waals surface area contributed by atoms with Gasteiger partial charge in [0, 0.05) is 12.0 Å². The van der Waals surface area contributed by atoms with Crippen LogP contribution < -0.4 is 10.9 Å². The van der Waals surface area contributed by atoms with Crippen LogP contribution in [0.1, 0.15) is 25.7 Å². The van der Waals surface area contributed by atoms with E-state index in [-0.39, 0.29) is 17.6 Å². The molecule has 6 heteroatoms. The molecule has 1 aromatic heterocycles. The molecule has 1 aliphatic carbocycles. The van der Waals surface area contributed by atoms with E-state index in [1.54, 1.807) is 0 Å². The summed E-state index contributed by atoms with van der Waals surface area (Å²) in [7, 11) is 0. The monoisotopic (exact) mass is 301 g/mol. The van der Waals surface area contributed by atoms with Gasteiger partial charge in [0.25, 0.3) is 5.56 Å². The lowest BCUT2D eigenvalue weighted by Gasteiger charge is -2.26. The van der Waals surface area contributed by atoms with Gasteiger partial charge in [-0.3, -0.25) is 4.79 Å². The average molecular weight is 302 g/mol. The van der Waals surface area contributed by atoms with Gasteiger partial charge < -0.3 is 15.4 Å². The van der Waals surface area contributed by atoms with Crippen LogP contribution in [0.3, 0.4) is 0 Å². The number of H-pyrrole nitrogens is 1. The third-order valence-corrected chi connectivity index (χ3v) is 4.16. The topological polar surface area (TPSA) is 78.0 Å². The molecule has 94 valence electrons. The van der Waals surface area contributed by atoms with Crippen molar-refractivity contribution in [3.05, 3.63) is 21.2 Å². The van der Waals surface area contributed by atoms with E-state index in [1.807, 2.05) is 0 Å². The summed E-state index contributed by atoms with van der Waals surface area (Å²) in [4.78, 5) is 17.9. The number of aromatic nitrogens is 2. The van der Waals surface area contributed by atoms with E-state index >= 15 is 0 Å². The predicted molar refractivity (Wildman–Crippen MR) is 69.0 cm³/mol. The number of rotatable bonds is 4. The normalized spacial score (nSPS) is 18.2. The van der Waals surface area contributed by atoms with Crippen LogP contribution in [0, 0.1) is 5.41 Å². The number of anilines is 1. The number of hydrogen-bond donors (Lipinski definition) is 3. The molecule has 1 aromatic rings. The Hall–Kier alpha value is -0.880. The Morgan fingerprint density at radius 3 is 2.88 bits per heavy atom. The lowest BCUT2D eigenvalue weighted by atomic mass is 9.87. The first-order valence-electron chi connectivity index (χ1n) is 5.75. The molecule has 0 unspecified atom stereocenters. The van der Waals surface area contributed by atoms with Crippen LogP contribution in [0.5, 0.6) is 0 Å². The summed E-state index contributed by atoms with van der Waals surface area (Å²) in [6.07, 6.45) is 5.74. The summed E-state index contributed by atoms with van der Waals surface area (Å²) in [5.41, 5.74) is -0.254. The summed E-state index contributed by atoms with van der Waals surface area (Å²) < 4.78 is 0.408. The van der Waals surface area contributed by atoms with Gasteiger partial charge >= 0.3 is 0 Å². The standard InChI is InChI=1S/C11H16BrN3O2/c12-8-9(14-7-15-10(8)17)13-5-11(6-16)3-1-2-4-11/h7,16H,1-6H2,(H2,13,14,15,17). The fourth-order valence-corrected chi connectivity index (χ4v) is 2.65. The van der Waals surface area contributed by atoms with Crippen molar-refractivity contribution in [1.29, 1.82) is 0 Å². The molecule has 1 saturated carbocycles. The number of aromatic amines is 1. The Labute approximate surface area is 108 Å². The molecule has 0 aliphatic heterocycles. The fourth-order valence-electron chi connectivity index (χ4n) is 2.29. The first-order chi connectivity index (χ1) is 8.17. The van der Waals surface area contributed by atoms with Crippen LogP contribution >= 0.6 is 15.9 Å². The minimum Gasteiger partial charge on any atom is -0.396 e. The van der Waals surface area contributed by atoms with Gasteiger partial charge in [-0.2, -0.15) is 0 Å². The van der Waals surface area contributed by atoms with E-state index in [4.69, 9.17) is 0 Å². The minimum absolute atomic E-state index is 0.0519. The van der Waals surface area contributed by atoms with Crippen molar-refractivity contribution < 1.29 is 5.11 Å². The van der Waals surface area contributed by atoms with Crippen molar-refractivity contribution in [2.75, 3.05) is 18.5 Å². The van der Waals surface area contributed by atoms with Crippen LogP contribution in [0.4, 0.5) is 5.82 Å². The molecule has 17 heavy (non-hydrogen) atoms. The molecule has 5 nitrogen and oxygen atoms in total. The Morgan fingerprint density at radius 2 is 2.24 bits per heavy atom. The molecule has 0 radical (unpaired) electrons. The van der Waals surface area contributed by atoms with Crippen molar-refractivity contribution in [2.45, 2.75) is 25.7 Å². The fraction of sp³-hybridized carbons (Fsp3) is 0.636. The van der Waals surface area contributed by atoms with Crippen molar-refractivity contribution in [2.24, 2.45) is 5.41 Å². The first-order valence-corrected chi connectivity index (χ1v) is 6.54. The predicted octanol–water partition coefficient (Wildman–Crippen LogP) is 1.50. The summed E-state index contributed by atoms with van der Waals surface area (Å²) in [5, 5.41) is 12.6. The van der Waals surface area contributed by atoms with Crippen molar-refractivity contribution in [3.63, 3.8) is 0 Å². The quantitative estimate of drug-likeness (QED) is 0.787. The minimum atomic E-state index is -0.202. The number of hydrogen-bond acceptors (Lipinski definition) is 4. The highest BCUT2D eigenvalue weighted by atomic mass is 79.9.